The molecule has 140 valence electrons. The fraction of sp³-hybridized carbons (Fsp3) is 0.111. The molecule has 6 nitrogen and oxygen atoms in total. The molecule has 0 atom stereocenters. The summed E-state index contributed by atoms with van der Waals surface area (Å²) < 4.78 is 42.6. The average Bonchev–Trinajstić information content (AvgIpc) is 2.64. The first-order valence-corrected chi connectivity index (χ1v) is 7.46. The maximum absolute atomic E-state index is 12.6. The summed E-state index contributed by atoms with van der Waals surface area (Å²) in [5, 5.41) is 10.5. The van der Waals surface area contributed by atoms with E-state index in [1.54, 1.807) is 0 Å². The van der Waals surface area contributed by atoms with E-state index in [-0.39, 0.29) is 11.3 Å². The van der Waals surface area contributed by atoms with Crippen molar-refractivity contribution < 1.29 is 32.4 Å². The molecule has 0 unspecified atom stereocenters. The minimum absolute atomic E-state index is 0.110. The summed E-state index contributed by atoms with van der Waals surface area (Å²) in [6, 6.07) is 9.12. The summed E-state index contributed by atoms with van der Waals surface area (Å²) in [5.74, 6) is -1.66. The van der Waals surface area contributed by atoms with Crippen LogP contribution in [0.15, 0.2) is 54.6 Å². The highest BCUT2D eigenvalue weighted by Gasteiger charge is 2.30. The Labute approximate surface area is 151 Å². The van der Waals surface area contributed by atoms with Gasteiger partial charge in [0.15, 0.2) is 12.4 Å². The van der Waals surface area contributed by atoms with Crippen LogP contribution in [0.3, 0.4) is 0 Å². The summed E-state index contributed by atoms with van der Waals surface area (Å²) in [6.45, 7) is -0.718. The van der Waals surface area contributed by atoms with Gasteiger partial charge in [0, 0.05) is 23.8 Å². The lowest BCUT2D eigenvalue weighted by atomic mass is 10.1. The van der Waals surface area contributed by atoms with Crippen LogP contribution in [0, 0.1) is 10.1 Å². The van der Waals surface area contributed by atoms with Crippen LogP contribution in [-0.4, -0.2) is 23.3 Å². The van der Waals surface area contributed by atoms with Gasteiger partial charge in [-0.05, 0) is 35.9 Å². The number of Topliss-reactive ketones (excluding diaryl/α,β-unsaturated/α-hetero) is 1. The van der Waals surface area contributed by atoms with Gasteiger partial charge < -0.3 is 4.74 Å². The normalized spacial score (nSPS) is 11.4. The zero-order valence-electron chi connectivity index (χ0n) is 13.6. The van der Waals surface area contributed by atoms with E-state index in [1.165, 1.54) is 36.4 Å². The second kappa shape index (κ2) is 8.26. The van der Waals surface area contributed by atoms with E-state index < -0.39 is 35.0 Å². The molecule has 0 aromatic heterocycles. The number of nitro benzene ring substituents is 1. The van der Waals surface area contributed by atoms with Gasteiger partial charge in [-0.15, -0.1) is 0 Å². The summed E-state index contributed by atoms with van der Waals surface area (Å²) in [5.41, 5.74) is -0.821. The largest absolute Gasteiger partial charge is 0.454 e. The van der Waals surface area contributed by atoms with Crippen LogP contribution < -0.4 is 0 Å². The standard InChI is InChI=1S/C18H12F3NO5/c19-18(20,21)14-3-1-2-13(10-14)16(23)11-27-17(24)9-6-12-4-7-15(8-5-12)22(25)26/h1-10H,11H2. The first-order valence-electron chi connectivity index (χ1n) is 7.46. The van der Waals surface area contributed by atoms with Crippen LogP contribution >= 0.6 is 0 Å². The highest BCUT2D eigenvalue weighted by atomic mass is 19.4. The van der Waals surface area contributed by atoms with E-state index >= 15 is 0 Å². The monoisotopic (exact) mass is 379 g/mol. The number of alkyl halides is 3. The Bertz CT molecular complexity index is 889. The average molecular weight is 379 g/mol. The maximum Gasteiger partial charge on any atom is 0.416 e. The molecule has 2 aromatic rings. The number of hydrogen-bond donors (Lipinski definition) is 0. The number of nitro groups is 1. The number of carbonyl (C=O) groups excluding carboxylic acids is 2. The van der Waals surface area contributed by atoms with Crippen LogP contribution in [-0.2, 0) is 15.7 Å². The molecule has 2 aromatic carbocycles. The molecule has 2 rings (SSSR count). The van der Waals surface area contributed by atoms with Crippen LogP contribution in [0.4, 0.5) is 18.9 Å². The van der Waals surface area contributed by atoms with Gasteiger partial charge in [0.1, 0.15) is 0 Å². The molecule has 0 N–H and O–H groups in total. The van der Waals surface area contributed by atoms with E-state index in [0.717, 1.165) is 18.2 Å². The number of rotatable bonds is 6. The maximum atomic E-state index is 12.6. The highest BCUT2D eigenvalue weighted by molar-refractivity contribution is 5.99. The number of non-ortho nitro benzene ring substituents is 1. The van der Waals surface area contributed by atoms with Crippen molar-refractivity contribution in [3.63, 3.8) is 0 Å². The van der Waals surface area contributed by atoms with Crippen molar-refractivity contribution in [1.82, 2.24) is 0 Å². The van der Waals surface area contributed by atoms with E-state index in [9.17, 15) is 32.9 Å². The molecule has 0 aliphatic heterocycles. The van der Waals surface area contributed by atoms with E-state index in [2.05, 4.69) is 0 Å². The molecule has 0 spiro atoms. The number of carbonyl (C=O) groups is 2. The number of ketones is 1. The number of hydrogen-bond acceptors (Lipinski definition) is 5. The lowest BCUT2D eigenvalue weighted by Gasteiger charge is -2.08. The molecule has 0 amide bonds. The molecule has 0 saturated carbocycles. The third kappa shape index (κ3) is 5.77. The Morgan fingerprint density at radius 2 is 1.78 bits per heavy atom. The molecule has 0 aliphatic rings. The van der Waals surface area contributed by atoms with Gasteiger partial charge in [-0.2, -0.15) is 13.2 Å². The third-order valence-electron chi connectivity index (χ3n) is 3.37. The van der Waals surface area contributed by atoms with Crippen molar-refractivity contribution in [3.8, 4) is 0 Å². The van der Waals surface area contributed by atoms with Crippen molar-refractivity contribution in [2.45, 2.75) is 6.18 Å². The molecule has 27 heavy (non-hydrogen) atoms. The Morgan fingerprint density at radius 3 is 2.37 bits per heavy atom. The van der Waals surface area contributed by atoms with Crippen molar-refractivity contribution in [3.05, 3.63) is 81.4 Å². The predicted octanol–water partition coefficient (Wildman–Crippen LogP) is 4.05. The Hall–Kier alpha value is -3.49. The molecule has 0 heterocycles. The Kier molecular flexibility index (Phi) is 6.07. The first kappa shape index (κ1) is 19.8. The van der Waals surface area contributed by atoms with Gasteiger partial charge in [-0.1, -0.05) is 12.1 Å². The van der Waals surface area contributed by atoms with Gasteiger partial charge in [0.25, 0.3) is 5.69 Å². The third-order valence-corrected chi connectivity index (χ3v) is 3.37. The topological polar surface area (TPSA) is 86.5 Å². The number of ether oxygens (including phenoxy) is 1. The fourth-order valence-corrected chi connectivity index (χ4v) is 2.01. The van der Waals surface area contributed by atoms with Gasteiger partial charge in [0.2, 0.25) is 0 Å². The molecule has 0 fully saturated rings. The minimum Gasteiger partial charge on any atom is -0.454 e. The Balaban J connectivity index is 1.93. The number of halogens is 3. The molecule has 0 bridgehead atoms. The van der Waals surface area contributed by atoms with Crippen molar-refractivity contribution in [2.24, 2.45) is 0 Å². The Morgan fingerprint density at radius 1 is 1.11 bits per heavy atom. The molecular weight excluding hydrogens is 367 g/mol. The zero-order valence-corrected chi connectivity index (χ0v) is 13.6. The smallest absolute Gasteiger partial charge is 0.416 e. The van der Waals surface area contributed by atoms with Crippen molar-refractivity contribution >= 4 is 23.5 Å². The highest BCUT2D eigenvalue weighted by Crippen LogP contribution is 2.29. The fourth-order valence-electron chi connectivity index (χ4n) is 2.01. The quantitative estimate of drug-likeness (QED) is 0.248. The van der Waals surface area contributed by atoms with Crippen LogP contribution in [0.2, 0.25) is 0 Å². The van der Waals surface area contributed by atoms with Crippen LogP contribution in [0.1, 0.15) is 21.5 Å². The predicted molar refractivity (Wildman–Crippen MR) is 88.9 cm³/mol. The zero-order chi connectivity index (χ0) is 20.0. The van der Waals surface area contributed by atoms with E-state index in [1.807, 2.05) is 0 Å². The van der Waals surface area contributed by atoms with Crippen LogP contribution in [0.25, 0.3) is 6.08 Å². The lowest BCUT2D eigenvalue weighted by Crippen LogP contribution is -2.14. The number of benzene rings is 2. The van der Waals surface area contributed by atoms with E-state index in [0.29, 0.717) is 11.6 Å². The molecule has 9 heteroatoms. The summed E-state index contributed by atoms with van der Waals surface area (Å²) >= 11 is 0. The number of nitrogens with zero attached hydrogens (tertiary/aromatic N) is 1. The summed E-state index contributed by atoms with van der Waals surface area (Å²) in [7, 11) is 0. The second-order valence-electron chi connectivity index (χ2n) is 5.29. The van der Waals surface area contributed by atoms with Crippen molar-refractivity contribution in [2.75, 3.05) is 6.61 Å². The van der Waals surface area contributed by atoms with Gasteiger partial charge in [0.05, 0.1) is 10.5 Å². The summed E-state index contributed by atoms with van der Waals surface area (Å²) in [6.07, 6.45) is -2.26. The molecular formula is C18H12F3NO5. The summed E-state index contributed by atoms with van der Waals surface area (Å²) in [4.78, 5) is 33.4. The van der Waals surface area contributed by atoms with E-state index in [4.69, 9.17) is 4.74 Å². The van der Waals surface area contributed by atoms with Crippen LogP contribution in [0.5, 0.6) is 0 Å². The molecule has 0 saturated heterocycles. The molecule has 0 aliphatic carbocycles. The second-order valence-corrected chi connectivity index (χ2v) is 5.29. The number of esters is 1. The lowest BCUT2D eigenvalue weighted by molar-refractivity contribution is -0.384. The molecule has 0 radical (unpaired) electrons. The van der Waals surface area contributed by atoms with Crippen molar-refractivity contribution in [1.29, 1.82) is 0 Å². The van der Waals surface area contributed by atoms with Gasteiger partial charge >= 0.3 is 12.1 Å². The van der Waals surface area contributed by atoms with Gasteiger partial charge in [-0.3, -0.25) is 14.9 Å². The SMILES string of the molecule is O=C(C=Cc1ccc([N+](=O)[O-])cc1)OCC(=O)c1cccc(C(F)(F)F)c1. The minimum atomic E-state index is -4.58. The van der Waals surface area contributed by atoms with Gasteiger partial charge in [-0.25, -0.2) is 4.79 Å². The first-order chi connectivity index (χ1) is 12.7.